The molecule has 1 aliphatic rings. The fraction of sp³-hybridized carbons (Fsp3) is 0.294. The smallest absolute Gasteiger partial charge is 0.385 e. The van der Waals surface area contributed by atoms with E-state index in [1.54, 1.807) is 12.3 Å². The lowest BCUT2D eigenvalue weighted by Gasteiger charge is -2.13. The summed E-state index contributed by atoms with van der Waals surface area (Å²) < 4.78 is 39.3. The second kappa shape index (κ2) is 6.55. The molecule has 2 aromatic rings. The molecule has 1 aliphatic heterocycles. The number of nitrogens with zero attached hydrogens (tertiary/aromatic N) is 2. The summed E-state index contributed by atoms with van der Waals surface area (Å²) in [5.41, 5.74) is 2.54. The van der Waals surface area contributed by atoms with Gasteiger partial charge in [-0.2, -0.15) is 13.2 Å². The normalized spacial score (nSPS) is 17.5. The molecule has 0 fully saturated rings. The van der Waals surface area contributed by atoms with Crippen molar-refractivity contribution < 1.29 is 18.0 Å². The molecule has 0 N–H and O–H groups in total. The maximum atomic E-state index is 12.8. The van der Waals surface area contributed by atoms with Gasteiger partial charge in [0, 0.05) is 12.6 Å². The number of hydrogen-bond acceptors (Lipinski definition) is 3. The molecule has 7 heteroatoms. The fourth-order valence-electron chi connectivity index (χ4n) is 2.53. The minimum atomic E-state index is -4.34. The van der Waals surface area contributed by atoms with E-state index in [0.29, 0.717) is 23.0 Å². The first-order chi connectivity index (χ1) is 11.3. The van der Waals surface area contributed by atoms with Gasteiger partial charge in [0.2, 0.25) is 0 Å². The van der Waals surface area contributed by atoms with Gasteiger partial charge in [-0.1, -0.05) is 23.4 Å². The summed E-state index contributed by atoms with van der Waals surface area (Å²) in [6.07, 6.45) is -1.89. The Kier molecular flexibility index (Phi) is 4.62. The molecule has 24 heavy (non-hydrogen) atoms. The van der Waals surface area contributed by atoms with Crippen molar-refractivity contribution in [2.75, 3.05) is 0 Å². The zero-order chi connectivity index (χ0) is 17.3. The van der Waals surface area contributed by atoms with Crippen LogP contribution in [-0.4, -0.2) is 9.60 Å². The summed E-state index contributed by atoms with van der Waals surface area (Å²) in [7, 11) is 0. The van der Waals surface area contributed by atoms with Crippen LogP contribution in [0, 0.1) is 6.92 Å². The van der Waals surface area contributed by atoms with Crippen LogP contribution in [0.4, 0.5) is 13.2 Å². The lowest BCUT2D eigenvalue weighted by molar-refractivity contribution is -0.137. The molecule has 0 bridgehead atoms. The second-order valence-corrected chi connectivity index (χ2v) is 6.59. The first-order valence-electron chi connectivity index (χ1n) is 7.32. The van der Waals surface area contributed by atoms with Crippen LogP contribution in [0.25, 0.3) is 0 Å². The molecule has 0 amide bonds. The number of oxime groups is 1. The Hall–Kier alpha value is -1.89. The Bertz CT molecular complexity index is 790. The summed E-state index contributed by atoms with van der Waals surface area (Å²) in [5.74, 6) is 0. The molecular weight excluding hydrogens is 385 g/mol. The molecule has 2 heterocycles. The number of hydrogen-bond donors (Lipinski definition) is 0. The van der Waals surface area contributed by atoms with Gasteiger partial charge in [-0.05, 0) is 58.1 Å². The number of alkyl halides is 3. The predicted octanol–water partition coefficient (Wildman–Crippen LogP) is 5.17. The lowest BCUT2D eigenvalue weighted by atomic mass is 9.98. The lowest BCUT2D eigenvalue weighted by Crippen LogP contribution is -2.06. The van der Waals surface area contributed by atoms with Gasteiger partial charge in [0.05, 0.1) is 11.3 Å². The largest absolute Gasteiger partial charge is 0.416 e. The van der Waals surface area contributed by atoms with Gasteiger partial charge in [-0.15, -0.1) is 0 Å². The highest BCUT2D eigenvalue weighted by molar-refractivity contribution is 9.18. The van der Waals surface area contributed by atoms with Crippen molar-refractivity contribution >= 4 is 20.6 Å². The number of rotatable bonds is 3. The van der Waals surface area contributed by atoms with Gasteiger partial charge < -0.3 is 4.84 Å². The van der Waals surface area contributed by atoms with Crippen LogP contribution in [0.1, 0.15) is 40.5 Å². The summed E-state index contributed by atoms with van der Waals surface area (Å²) >= 11 is 3.28. The summed E-state index contributed by atoms with van der Waals surface area (Å²) in [4.78, 5) is 9.64. The molecule has 0 radical (unpaired) electrons. The average Bonchev–Trinajstić information content (AvgIpc) is 2.95. The SMILES string of the molecule is Cc1cnc([C@@H]2CC(Br)=NO2)cc1Cc1cccc(C(F)(F)F)c1. The van der Waals surface area contributed by atoms with Gasteiger partial charge in [0.1, 0.15) is 4.62 Å². The van der Waals surface area contributed by atoms with E-state index in [0.717, 1.165) is 22.9 Å². The highest BCUT2D eigenvalue weighted by Gasteiger charge is 2.30. The summed E-state index contributed by atoms with van der Waals surface area (Å²) in [6, 6.07) is 7.27. The quantitative estimate of drug-likeness (QED) is 0.714. The minimum Gasteiger partial charge on any atom is -0.385 e. The van der Waals surface area contributed by atoms with E-state index in [1.807, 2.05) is 13.0 Å². The molecule has 3 rings (SSSR count). The van der Waals surface area contributed by atoms with Crippen LogP contribution in [0.2, 0.25) is 0 Å². The van der Waals surface area contributed by atoms with Crippen LogP contribution in [-0.2, 0) is 17.4 Å². The first kappa shape index (κ1) is 17.0. The maximum absolute atomic E-state index is 12.8. The first-order valence-corrected chi connectivity index (χ1v) is 8.12. The average molecular weight is 399 g/mol. The van der Waals surface area contributed by atoms with E-state index in [1.165, 1.54) is 12.1 Å². The maximum Gasteiger partial charge on any atom is 0.416 e. The molecule has 0 unspecified atom stereocenters. The molecule has 1 aromatic heterocycles. The van der Waals surface area contributed by atoms with E-state index < -0.39 is 11.7 Å². The number of halogens is 4. The zero-order valence-electron chi connectivity index (χ0n) is 12.8. The fourth-order valence-corrected chi connectivity index (χ4v) is 2.91. The Morgan fingerprint density at radius 2 is 2.08 bits per heavy atom. The van der Waals surface area contributed by atoms with Gasteiger partial charge in [-0.25, -0.2) is 0 Å². The van der Waals surface area contributed by atoms with Gasteiger partial charge in [0.15, 0.2) is 6.10 Å². The zero-order valence-corrected chi connectivity index (χ0v) is 14.4. The van der Waals surface area contributed by atoms with Crippen LogP contribution in [0.15, 0.2) is 41.7 Å². The molecule has 0 spiro atoms. The topological polar surface area (TPSA) is 34.5 Å². The highest BCUT2D eigenvalue weighted by Crippen LogP contribution is 2.31. The van der Waals surface area contributed by atoms with E-state index in [-0.39, 0.29) is 6.10 Å². The molecule has 3 nitrogen and oxygen atoms in total. The van der Waals surface area contributed by atoms with Crippen LogP contribution < -0.4 is 0 Å². The van der Waals surface area contributed by atoms with E-state index in [2.05, 4.69) is 26.1 Å². The van der Waals surface area contributed by atoms with Crippen LogP contribution in [0.5, 0.6) is 0 Å². The van der Waals surface area contributed by atoms with Crippen LogP contribution >= 0.6 is 15.9 Å². The van der Waals surface area contributed by atoms with Crippen molar-refractivity contribution in [2.45, 2.75) is 32.0 Å². The monoisotopic (exact) mass is 398 g/mol. The molecule has 0 saturated carbocycles. The molecular formula is C17H14BrF3N2O. The van der Waals surface area contributed by atoms with Crippen molar-refractivity contribution in [3.05, 3.63) is 64.5 Å². The Morgan fingerprint density at radius 1 is 1.29 bits per heavy atom. The van der Waals surface area contributed by atoms with Gasteiger partial charge >= 0.3 is 6.18 Å². The highest BCUT2D eigenvalue weighted by atomic mass is 79.9. The number of aryl methyl sites for hydroxylation is 1. The standard InChI is InChI=1S/C17H14BrF3N2O/c1-10-9-22-14(15-8-16(18)23-24-15)7-12(10)5-11-3-2-4-13(6-11)17(19,20)21/h2-4,6-7,9,15H,5,8H2,1H3/t15-/m0/s1. The number of aromatic nitrogens is 1. The summed E-state index contributed by atoms with van der Waals surface area (Å²) in [5, 5.41) is 3.84. The van der Waals surface area contributed by atoms with Crippen molar-refractivity contribution in [3.8, 4) is 0 Å². The second-order valence-electron chi connectivity index (χ2n) is 5.68. The third-order valence-electron chi connectivity index (χ3n) is 3.85. The van der Waals surface area contributed by atoms with E-state index >= 15 is 0 Å². The molecule has 0 saturated heterocycles. The Labute approximate surface area is 145 Å². The predicted molar refractivity (Wildman–Crippen MR) is 88.0 cm³/mol. The van der Waals surface area contributed by atoms with Crippen molar-refractivity contribution in [1.29, 1.82) is 0 Å². The molecule has 1 aromatic carbocycles. The van der Waals surface area contributed by atoms with E-state index in [4.69, 9.17) is 4.84 Å². The van der Waals surface area contributed by atoms with E-state index in [9.17, 15) is 13.2 Å². The third kappa shape index (κ3) is 3.77. The molecule has 1 atom stereocenters. The van der Waals surface area contributed by atoms with Crippen molar-refractivity contribution in [2.24, 2.45) is 5.16 Å². The Morgan fingerprint density at radius 3 is 2.75 bits per heavy atom. The number of benzene rings is 1. The minimum absolute atomic E-state index is 0.264. The van der Waals surface area contributed by atoms with Crippen molar-refractivity contribution in [3.63, 3.8) is 0 Å². The van der Waals surface area contributed by atoms with Crippen LogP contribution in [0.3, 0.4) is 0 Å². The third-order valence-corrected chi connectivity index (χ3v) is 4.32. The van der Waals surface area contributed by atoms with Crippen molar-refractivity contribution in [1.82, 2.24) is 4.98 Å². The van der Waals surface area contributed by atoms with Gasteiger partial charge in [0.25, 0.3) is 0 Å². The Balaban J connectivity index is 1.85. The molecule has 126 valence electrons. The summed E-state index contributed by atoms with van der Waals surface area (Å²) in [6.45, 7) is 1.89. The number of pyridine rings is 1. The van der Waals surface area contributed by atoms with Gasteiger partial charge in [-0.3, -0.25) is 4.98 Å². The molecule has 0 aliphatic carbocycles.